The van der Waals surface area contributed by atoms with E-state index in [1.807, 2.05) is 12.1 Å². The van der Waals surface area contributed by atoms with Gasteiger partial charge in [0.1, 0.15) is 11.3 Å². The molecule has 0 radical (unpaired) electrons. The van der Waals surface area contributed by atoms with E-state index in [4.69, 9.17) is 4.42 Å². The molecule has 26 heavy (non-hydrogen) atoms. The molecule has 8 heteroatoms. The second kappa shape index (κ2) is 7.22. The van der Waals surface area contributed by atoms with Crippen LogP contribution in [-0.2, 0) is 0 Å². The van der Waals surface area contributed by atoms with Gasteiger partial charge in [0.15, 0.2) is 5.76 Å². The van der Waals surface area contributed by atoms with Gasteiger partial charge in [-0.05, 0) is 31.2 Å². The third kappa shape index (κ3) is 3.64. The highest BCUT2D eigenvalue weighted by Gasteiger charge is 2.18. The summed E-state index contributed by atoms with van der Waals surface area (Å²) < 4.78 is 34.2. The molecule has 0 bridgehead atoms. The highest BCUT2D eigenvalue weighted by atomic mass is 19.3. The first kappa shape index (κ1) is 17.4. The molecule has 134 valence electrons. The zero-order valence-corrected chi connectivity index (χ0v) is 13.6. The fourth-order valence-corrected chi connectivity index (χ4v) is 2.45. The second-order valence-corrected chi connectivity index (χ2v) is 5.37. The number of benzene rings is 2. The number of carbonyl (C=O) groups is 2. The van der Waals surface area contributed by atoms with Crippen molar-refractivity contribution in [3.05, 3.63) is 65.4 Å². The minimum Gasteiger partial charge on any atom is -0.451 e. The van der Waals surface area contributed by atoms with Crippen LogP contribution in [0.4, 0.5) is 8.78 Å². The van der Waals surface area contributed by atoms with Crippen LogP contribution < -0.4 is 15.6 Å². The molecule has 3 aromatic rings. The molecule has 1 aromatic heterocycles. The Bertz CT molecular complexity index is 969. The molecule has 1 heterocycles. The monoisotopic (exact) mass is 360 g/mol. The van der Waals surface area contributed by atoms with E-state index in [0.29, 0.717) is 11.1 Å². The maximum atomic E-state index is 12.2. The van der Waals surface area contributed by atoms with E-state index in [2.05, 4.69) is 15.6 Å². The smallest absolute Gasteiger partial charge is 0.387 e. The number of nitrogens with one attached hydrogen (secondary N) is 2. The number of ether oxygens (including phenoxy) is 1. The number of rotatable bonds is 4. The Morgan fingerprint density at radius 3 is 2.50 bits per heavy atom. The first-order valence-corrected chi connectivity index (χ1v) is 7.59. The Morgan fingerprint density at radius 2 is 1.77 bits per heavy atom. The molecule has 2 amide bonds. The van der Waals surface area contributed by atoms with Crippen LogP contribution in [0.3, 0.4) is 0 Å². The summed E-state index contributed by atoms with van der Waals surface area (Å²) in [4.78, 5) is 24.3. The average molecular weight is 360 g/mol. The van der Waals surface area contributed by atoms with Crippen molar-refractivity contribution >= 4 is 22.8 Å². The first-order valence-electron chi connectivity index (χ1n) is 7.59. The van der Waals surface area contributed by atoms with E-state index in [1.165, 1.54) is 18.2 Å². The van der Waals surface area contributed by atoms with Gasteiger partial charge in [0.05, 0.1) is 0 Å². The number of halogens is 2. The fourth-order valence-electron chi connectivity index (χ4n) is 2.45. The molecule has 0 fully saturated rings. The molecular formula is C18H14F2N2O4. The van der Waals surface area contributed by atoms with Gasteiger partial charge in [-0.1, -0.05) is 24.3 Å². The van der Waals surface area contributed by atoms with E-state index in [-0.39, 0.29) is 17.1 Å². The number of aryl methyl sites for hydroxylation is 1. The van der Waals surface area contributed by atoms with Crippen LogP contribution in [-0.4, -0.2) is 18.4 Å². The van der Waals surface area contributed by atoms with Gasteiger partial charge in [0.2, 0.25) is 0 Å². The highest BCUT2D eigenvalue weighted by Crippen LogP contribution is 2.24. The lowest BCUT2D eigenvalue weighted by Crippen LogP contribution is -2.41. The van der Waals surface area contributed by atoms with Gasteiger partial charge in [-0.2, -0.15) is 8.78 Å². The van der Waals surface area contributed by atoms with Crippen molar-refractivity contribution in [2.45, 2.75) is 13.5 Å². The first-order chi connectivity index (χ1) is 12.5. The third-order valence-electron chi connectivity index (χ3n) is 3.66. The zero-order valence-electron chi connectivity index (χ0n) is 13.6. The van der Waals surface area contributed by atoms with Gasteiger partial charge >= 0.3 is 12.5 Å². The van der Waals surface area contributed by atoms with Crippen molar-refractivity contribution < 1.29 is 27.5 Å². The summed E-state index contributed by atoms with van der Waals surface area (Å²) in [5, 5.41) is 0.792. The molecule has 0 aliphatic heterocycles. The lowest BCUT2D eigenvalue weighted by atomic mass is 10.1. The van der Waals surface area contributed by atoms with Gasteiger partial charge in [0.25, 0.3) is 5.91 Å². The van der Waals surface area contributed by atoms with Crippen LogP contribution in [0.25, 0.3) is 11.0 Å². The second-order valence-electron chi connectivity index (χ2n) is 5.37. The van der Waals surface area contributed by atoms with Crippen LogP contribution in [0.2, 0.25) is 0 Å². The number of carbonyl (C=O) groups excluding carboxylic acids is 2. The number of alkyl halides is 2. The van der Waals surface area contributed by atoms with Crippen LogP contribution in [0, 0.1) is 6.92 Å². The van der Waals surface area contributed by atoms with Gasteiger partial charge in [-0.25, -0.2) is 0 Å². The maximum Gasteiger partial charge on any atom is 0.387 e. The molecule has 0 unspecified atom stereocenters. The quantitative estimate of drug-likeness (QED) is 0.699. The predicted octanol–water partition coefficient (Wildman–Crippen LogP) is 3.42. The Balaban J connectivity index is 1.69. The number of amides is 2. The zero-order chi connectivity index (χ0) is 18.7. The summed E-state index contributed by atoms with van der Waals surface area (Å²) in [6, 6.07) is 12.4. The van der Waals surface area contributed by atoms with Crippen molar-refractivity contribution in [3.8, 4) is 5.75 Å². The maximum absolute atomic E-state index is 12.2. The molecule has 0 aliphatic carbocycles. The lowest BCUT2D eigenvalue weighted by Gasteiger charge is -2.08. The van der Waals surface area contributed by atoms with E-state index in [0.717, 1.165) is 11.5 Å². The lowest BCUT2D eigenvalue weighted by molar-refractivity contribution is -0.0498. The fraction of sp³-hybridized carbons (Fsp3) is 0.111. The standard InChI is InChI=1S/C18H14F2N2O4/c1-10-13-7-2-3-8-14(13)26-15(10)17(24)22-21-16(23)11-5-4-6-12(9-11)25-18(19)20/h2-9,18H,1H3,(H,21,23)(H,22,24). The minimum absolute atomic E-state index is 0.0461. The number of hydrazine groups is 1. The van der Waals surface area contributed by atoms with Gasteiger partial charge in [0, 0.05) is 16.5 Å². The molecule has 0 aliphatic rings. The Hall–Kier alpha value is -3.42. The molecule has 0 saturated heterocycles. The van der Waals surface area contributed by atoms with E-state index >= 15 is 0 Å². The minimum atomic E-state index is -3.00. The topological polar surface area (TPSA) is 80.6 Å². The van der Waals surface area contributed by atoms with Crippen molar-refractivity contribution in [1.29, 1.82) is 0 Å². The largest absolute Gasteiger partial charge is 0.451 e. The summed E-state index contributed by atoms with van der Waals surface area (Å²) in [7, 11) is 0. The number of para-hydroxylation sites is 1. The molecule has 2 N–H and O–H groups in total. The van der Waals surface area contributed by atoms with Gasteiger partial charge < -0.3 is 9.15 Å². The number of hydrogen-bond donors (Lipinski definition) is 2. The summed E-state index contributed by atoms with van der Waals surface area (Å²) in [5.74, 6) is -1.41. The molecule has 0 atom stereocenters. The van der Waals surface area contributed by atoms with Crippen LogP contribution in [0.5, 0.6) is 5.75 Å². The Morgan fingerprint density at radius 1 is 1.04 bits per heavy atom. The van der Waals surface area contributed by atoms with E-state index in [1.54, 1.807) is 19.1 Å². The summed E-state index contributed by atoms with van der Waals surface area (Å²) >= 11 is 0. The third-order valence-corrected chi connectivity index (χ3v) is 3.66. The molecule has 0 saturated carbocycles. The molecular weight excluding hydrogens is 346 g/mol. The van der Waals surface area contributed by atoms with E-state index in [9.17, 15) is 18.4 Å². The van der Waals surface area contributed by atoms with Crippen LogP contribution in [0.15, 0.2) is 52.9 Å². The van der Waals surface area contributed by atoms with Gasteiger partial charge in [-0.15, -0.1) is 0 Å². The molecule has 6 nitrogen and oxygen atoms in total. The number of furan rings is 1. The molecule has 0 spiro atoms. The predicted molar refractivity (Wildman–Crippen MR) is 89.0 cm³/mol. The normalized spacial score (nSPS) is 10.8. The van der Waals surface area contributed by atoms with Crippen molar-refractivity contribution in [2.75, 3.05) is 0 Å². The summed E-state index contributed by atoms with van der Waals surface area (Å²) in [5.41, 5.74) is 5.68. The van der Waals surface area contributed by atoms with Gasteiger partial charge in [-0.3, -0.25) is 20.4 Å². The van der Waals surface area contributed by atoms with Crippen LogP contribution >= 0.6 is 0 Å². The van der Waals surface area contributed by atoms with Crippen molar-refractivity contribution in [1.82, 2.24) is 10.9 Å². The SMILES string of the molecule is Cc1c(C(=O)NNC(=O)c2cccc(OC(F)F)c2)oc2ccccc12. The Labute approximate surface area is 146 Å². The highest BCUT2D eigenvalue weighted by molar-refractivity contribution is 6.01. The molecule has 2 aromatic carbocycles. The van der Waals surface area contributed by atoms with Crippen molar-refractivity contribution in [2.24, 2.45) is 0 Å². The van der Waals surface area contributed by atoms with Crippen molar-refractivity contribution in [3.63, 3.8) is 0 Å². The number of fused-ring (bicyclic) bond motifs is 1. The summed E-state index contributed by atoms with van der Waals surface area (Å²) in [6.07, 6.45) is 0. The molecule has 3 rings (SSSR count). The number of hydrogen-bond acceptors (Lipinski definition) is 4. The summed E-state index contributed by atoms with van der Waals surface area (Å²) in [6.45, 7) is -1.27. The van der Waals surface area contributed by atoms with Crippen LogP contribution in [0.1, 0.15) is 26.5 Å². The van der Waals surface area contributed by atoms with E-state index < -0.39 is 18.4 Å². The average Bonchev–Trinajstić information content (AvgIpc) is 2.96. The Kier molecular flexibility index (Phi) is 4.83.